The van der Waals surface area contributed by atoms with Gasteiger partial charge in [0.2, 0.25) is 0 Å². The summed E-state index contributed by atoms with van der Waals surface area (Å²) in [4.78, 5) is 14.0. The van der Waals surface area contributed by atoms with Gasteiger partial charge in [-0.3, -0.25) is 4.79 Å². The van der Waals surface area contributed by atoms with E-state index >= 15 is 0 Å². The second-order valence-corrected chi connectivity index (χ2v) is 4.96. The van der Waals surface area contributed by atoms with E-state index in [9.17, 15) is 4.79 Å². The van der Waals surface area contributed by atoms with Gasteiger partial charge in [-0.25, -0.2) is 0 Å². The number of aromatic nitrogens is 2. The first-order valence-electron chi connectivity index (χ1n) is 7.69. The van der Waals surface area contributed by atoms with Gasteiger partial charge in [-0.1, -0.05) is 18.2 Å². The molecule has 0 bridgehead atoms. The van der Waals surface area contributed by atoms with Crippen molar-refractivity contribution < 1.29 is 9.53 Å². The normalized spacial score (nSPS) is 10.3. The average Bonchev–Trinajstić information content (AvgIpc) is 2.61. The topological polar surface area (TPSA) is 67.4 Å². The van der Waals surface area contributed by atoms with Gasteiger partial charge < -0.3 is 15.0 Å². The van der Waals surface area contributed by atoms with E-state index in [2.05, 4.69) is 15.5 Å². The number of nitrogens with one attached hydrogen (secondary N) is 1. The predicted molar refractivity (Wildman–Crippen MR) is 90.0 cm³/mol. The highest BCUT2D eigenvalue weighted by Gasteiger charge is 2.11. The lowest BCUT2D eigenvalue weighted by Crippen LogP contribution is -2.26. The highest BCUT2D eigenvalue weighted by molar-refractivity contribution is 5.92. The number of methoxy groups -OCH3 is 1. The molecule has 0 aliphatic rings. The molecule has 1 heterocycles. The zero-order valence-electron chi connectivity index (χ0n) is 13.5. The Morgan fingerprint density at radius 3 is 2.57 bits per heavy atom. The molecule has 2 aromatic rings. The molecule has 1 N–H and O–H groups in total. The summed E-state index contributed by atoms with van der Waals surface area (Å²) >= 11 is 0. The molecule has 2 rings (SSSR count). The lowest BCUT2D eigenvalue weighted by atomic mass is 10.2. The van der Waals surface area contributed by atoms with E-state index in [0.717, 1.165) is 24.5 Å². The van der Waals surface area contributed by atoms with Gasteiger partial charge in [-0.05, 0) is 37.6 Å². The van der Waals surface area contributed by atoms with Crippen LogP contribution in [0, 0.1) is 0 Å². The minimum Gasteiger partial charge on any atom is -0.385 e. The Bertz CT molecular complexity index is 602. The molecule has 6 heteroatoms. The van der Waals surface area contributed by atoms with Crippen molar-refractivity contribution in [2.45, 2.75) is 13.3 Å². The highest BCUT2D eigenvalue weighted by Crippen LogP contribution is 2.21. The fraction of sp³-hybridized carbons (Fsp3) is 0.353. The molecule has 23 heavy (non-hydrogen) atoms. The Morgan fingerprint density at radius 1 is 1.17 bits per heavy atom. The molecule has 0 radical (unpaired) electrons. The van der Waals surface area contributed by atoms with Crippen LogP contribution in [0.1, 0.15) is 23.8 Å². The van der Waals surface area contributed by atoms with Crippen molar-refractivity contribution in [3.8, 4) is 0 Å². The number of hydrogen-bond donors (Lipinski definition) is 1. The lowest BCUT2D eigenvalue weighted by Gasteiger charge is -2.21. The third kappa shape index (κ3) is 4.75. The van der Waals surface area contributed by atoms with E-state index in [1.165, 1.54) is 0 Å². The number of amides is 1. The van der Waals surface area contributed by atoms with Crippen molar-refractivity contribution in [3.63, 3.8) is 0 Å². The van der Waals surface area contributed by atoms with Crippen molar-refractivity contribution >= 4 is 17.4 Å². The van der Waals surface area contributed by atoms with Crippen LogP contribution in [0.25, 0.3) is 0 Å². The van der Waals surface area contributed by atoms with Crippen LogP contribution in [-0.2, 0) is 4.74 Å². The van der Waals surface area contributed by atoms with Crippen molar-refractivity contribution in [1.29, 1.82) is 0 Å². The van der Waals surface area contributed by atoms with Gasteiger partial charge in [0, 0.05) is 32.5 Å². The van der Waals surface area contributed by atoms with E-state index in [4.69, 9.17) is 4.74 Å². The summed E-state index contributed by atoms with van der Waals surface area (Å²) in [6.07, 6.45) is 0.769. The number of rotatable bonds is 8. The molecule has 1 aromatic heterocycles. The molecule has 0 atom stereocenters. The van der Waals surface area contributed by atoms with E-state index in [1.807, 2.05) is 48.2 Å². The van der Waals surface area contributed by atoms with Crippen molar-refractivity contribution in [3.05, 3.63) is 48.2 Å². The second-order valence-electron chi connectivity index (χ2n) is 4.96. The fourth-order valence-electron chi connectivity index (χ4n) is 2.18. The van der Waals surface area contributed by atoms with Crippen LogP contribution in [0.2, 0.25) is 0 Å². The number of carbonyl (C=O) groups is 1. The number of hydrogen-bond acceptors (Lipinski definition) is 5. The van der Waals surface area contributed by atoms with E-state index in [0.29, 0.717) is 18.8 Å². The Hall–Kier alpha value is -2.47. The van der Waals surface area contributed by atoms with E-state index in [1.54, 1.807) is 13.2 Å². The van der Waals surface area contributed by atoms with Crippen LogP contribution in [0.5, 0.6) is 0 Å². The maximum Gasteiger partial charge on any atom is 0.271 e. The maximum absolute atomic E-state index is 12.0. The molecule has 0 aliphatic heterocycles. The average molecular weight is 314 g/mol. The monoisotopic (exact) mass is 314 g/mol. The number of benzene rings is 1. The van der Waals surface area contributed by atoms with Crippen LogP contribution in [-0.4, -0.2) is 42.9 Å². The third-order valence-electron chi connectivity index (χ3n) is 3.35. The molecule has 0 fully saturated rings. The zero-order chi connectivity index (χ0) is 16.5. The number of carbonyl (C=O) groups excluding carboxylic acids is 1. The Kier molecular flexibility index (Phi) is 6.50. The number of nitrogens with zero attached hydrogens (tertiary/aromatic N) is 3. The number of ether oxygens (including phenoxy) is 1. The molecule has 0 aliphatic carbocycles. The van der Waals surface area contributed by atoms with Gasteiger partial charge in [0.25, 0.3) is 5.91 Å². The summed E-state index contributed by atoms with van der Waals surface area (Å²) in [6, 6.07) is 13.5. The van der Waals surface area contributed by atoms with E-state index in [-0.39, 0.29) is 5.91 Å². The molecule has 0 unspecified atom stereocenters. The molecule has 1 amide bonds. The van der Waals surface area contributed by atoms with Gasteiger partial charge in [-0.2, -0.15) is 0 Å². The second kappa shape index (κ2) is 8.85. The van der Waals surface area contributed by atoms with Crippen LogP contribution >= 0.6 is 0 Å². The molecule has 0 spiro atoms. The molecule has 0 saturated heterocycles. The summed E-state index contributed by atoms with van der Waals surface area (Å²) < 4.78 is 4.94. The Morgan fingerprint density at radius 2 is 1.96 bits per heavy atom. The highest BCUT2D eigenvalue weighted by atomic mass is 16.5. The summed E-state index contributed by atoms with van der Waals surface area (Å²) in [6.45, 7) is 3.99. The van der Waals surface area contributed by atoms with Crippen molar-refractivity contribution in [1.82, 2.24) is 15.5 Å². The van der Waals surface area contributed by atoms with Gasteiger partial charge in [0.05, 0.1) is 0 Å². The SMILES string of the molecule is CCN(c1ccccc1)c1ccc(C(=O)NCCCOC)nn1. The fourth-order valence-corrected chi connectivity index (χ4v) is 2.18. The van der Waals surface area contributed by atoms with Crippen molar-refractivity contribution in [2.24, 2.45) is 0 Å². The molecule has 1 aromatic carbocycles. The molecule has 122 valence electrons. The predicted octanol–water partition coefficient (Wildman–Crippen LogP) is 2.40. The summed E-state index contributed by atoms with van der Waals surface area (Å²) in [5, 5.41) is 11.0. The van der Waals surface area contributed by atoms with Crippen LogP contribution in [0.3, 0.4) is 0 Å². The quantitative estimate of drug-likeness (QED) is 0.758. The third-order valence-corrected chi connectivity index (χ3v) is 3.35. The zero-order valence-corrected chi connectivity index (χ0v) is 13.5. The summed E-state index contributed by atoms with van der Waals surface area (Å²) in [5.41, 5.74) is 1.36. The lowest BCUT2D eigenvalue weighted by molar-refractivity contribution is 0.0942. The summed E-state index contributed by atoms with van der Waals surface area (Å²) in [7, 11) is 1.64. The summed E-state index contributed by atoms with van der Waals surface area (Å²) in [5.74, 6) is 0.498. The number of anilines is 2. The van der Waals surface area contributed by atoms with Gasteiger partial charge in [0.1, 0.15) is 0 Å². The van der Waals surface area contributed by atoms with Crippen LogP contribution in [0.4, 0.5) is 11.5 Å². The van der Waals surface area contributed by atoms with Crippen molar-refractivity contribution in [2.75, 3.05) is 31.7 Å². The molecular formula is C17H22N4O2. The smallest absolute Gasteiger partial charge is 0.271 e. The number of para-hydroxylation sites is 1. The first-order valence-corrected chi connectivity index (χ1v) is 7.69. The van der Waals surface area contributed by atoms with Gasteiger partial charge in [0.15, 0.2) is 11.5 Å². The van der Waals surface area contributed by atoms with Crippen LogP contribution in [0.15, 0.2) is 42.5 Å². The van der Waals surface area contributed by atoms with Gasteiger partial charge >= 0.3 is 0 Å². The first kappa shape index (κ1) is 16.9. The minimum absolute atomic E-state index is 0.220. The molecular weight excluding hydrogens is 292 g/mol. The standard InChI is InChI=1S/C17H22N4O2/c1-3-21(14-8-5-4-6-9-14)16-11-10-15(19-20-16)17(22)18-12-7-13-23-2/h4-6,8-11H,3,7,12-13H2,1-2H3,(H,18,22). The maximum atomic E-state index is 12.0. The first-order chi connectivity index (χ1) is 11.3. The van der Waals surface area contributed by atoms with E-state index < -0.39 is 0 Å². The largest absolute Gasteiger partial charge is 0.385 e. The van der Waals surface area contributed by atoms with Gasteiger partial charge in [-0.15, -0.1) is 10.2 Å². The molecule has 0 saturated carbocycles. The Balaban J connectivity index is 2.02. The molecule has 6 nitrogen and oxygen atoms in total. The Labute approximate surface area is 136 Å². The van der Waals surface area contributed by atoms with Crippen LogP contribution < -0.4 is 10.2 Å². The minimum atomic E-state index is -0.220.